The van der Waals surface area contributed by atoms with Crippen LogP contribution in [-0.4, -0.2) is 32.8 Å². The Morgan fingerprint density at radius 1 is 1.21 bits per heavy atom. The van der Waals surface area contributed by atoms with Gasteiger partial charge < -0.3 is 14.3 Å². The van der Waals surface area contributed by atoms with Crippen LogP contribution >= 0.6 is 0 Å². The summed E-state index contributed by atoms with van der Waals surface area (Å²) < 4.78 is 11.5. The van der Waals surface area contributed by atoms with Crippen LogP contribution in [0.2, 0.25) is 0 Å². The number of carbonyl (C=O) groups is 1. The molecule has 2 aliphatic carbocycles. The van der Waals surface area contributed by atoms with E-state index in [-0.39, 0.29) is 11.9 Å². The van der Waals surface area contributed by atoms with Gasteiger partial charge in [0.1, 0.15) is 17.2 Å². The molecule has 1 amide bonds. The third kappa shape index (κ3) is 3.71. The predicted octanol–water partition coefficient (Wildman–Crippen LogP) is 4.26. The van der Waals surface area contributed by atoms with E-state index in [1.165, 1.54) is 0 Å². The average molecular weight is 460 g/mol. The minimum Gasteiger partial charge on any atom is -0.455 e. The van der Waals surface area contributed by atoms with Crippen molar-refractivity contribution in [3.63, 3.8) is 0 Å². The minimum atomic E-state index is -0.230. The predicted molar refractivity (Wildman–Crippen MR) is 125 cm³/mol. The second-order valence-corrected chi connectivity index (χ2v) is 9.77. The number of amides is 1. The first-order valence-corrected chi connectivity index (χ1v) is 12.1. The normalized spacial score (nSPS) is 21.3. The van der Waals surface area contributed by atoms with Crippen molar-refractivity contribution >= 4 is 11.6 Å². The topological polar surface area (TPSA) is 96.8 Å². The zero-order valence-electron chi connectivity index (χ0n) is 19.8. The molecule has 34 heavy (non-hydrogen) atoms. The molecular formula is C26H29N5O3. The zero-order chi connectivity index (χ0) is 23.4. The van der Waals surface area contributed by atoms with Crippen LogP contribution in [0.25, 0.3) is 0 Å². The van der Waals surface area contributed by atoms with Gasteiger partial charge in [0.25, 0.3) is 5.91 Å². The van der Waals surface area contributed by atoms with Crippen molar-refractivity contribution in [2.75, 3.05) is 0 Å². The largest absolute Gasteiger partial charge is 0.455 e. The Bertz CT molecular complexity index is 1290. The van der Waals surface area contributed by atoms with Crippen LogP contribution in [0, 0.1) is 19.8 Å². The van der Waals surface area contributed by atoms with Gasteiger partial charge in [-0.3, -0.25) is 14.8 Å². The first kappa shape index (κ1) is 21.1. The van der Waals surface area contributed by atoms with E-state index in [1.54, 1.807) is 0 Å². The van der Waals surface area contributed by atoms with Gasteiger partial charge in [-0.1, -0.05) is 11.2 Å². The van der Waals surface area contributed by atoms with E-state index in [4.69, 9.17) is 14.0 Å². The van der Waals surface area contributed by atoms with Crippen LogP contribution in [0.15, 0.2) is 38.3 Å². The summed E-state index contributed by atoms with van der Waals surface area (Å²) in [5.41, 5.74) is 5.65. The Kier molecular flexibility index (Phi) is 5.04. The van der Waals surface area contributed by atoms with Gasteiger partial charge in [-0.2, -0.15) is 5.10 Å². The molecule has 3 aromatic heterocycles. The number of hydrogen-bond acceptors (Lipinski definition) is 7. The van der Waals surface area contributed by atoms with E-state index >= 15 is 0 Å². The summed E-state index contributed by atoms with van der Waals surface area (Å²) in [5.74, 6) is 2.73. The quantitative estimate of drug-likeness (QED) is 0.592. The molecule has 4 heterocycles. The fourth-order valence-electron chi connectivity index (χ4n) is 5.20. The highest BCUT2D eigenvalue weighted by atomic mass is 16.5. The average Bonchev–Trinajstić information content (AvgIpc) is 3.35. The summed E-state index contributed by atoms with van der Waals surface area (Å²) in [6.07, 6.45) is 4.07. The molecular weight excluding hydrogens is 430 g/mol. The van der Waals surface area contributed by atoms with Gasteiger partial charge in [0.15, 0.2) is 5.76 Å². The second kappa shape index (κ2) is 8.11. The minimum absolute atomic E-state index is 0.230. The number of aryl methyl sites for hydroxylation is 2. The molecule has 2 atom stereocenters. The van der Waals surface area contributed by atoms with Crippen molar-refractivity contribution in [1.82, 2.24) is 20.5 Å². The first-order valence-electron chi connectivity index (χ1n) is 12.1. The SMILES string of the molecule is Cc1cccc(CN2N=C3c4c(oc(C(=O)NCc5cc(C6CC6)on5)c4C)CCC3C2C)n1. The Labute approximate surface area is 198 Å². The molecule has 1 N–H and O–H groups in total. The van der Waals surface area contributed by atoms with Gasteiger partial charge in [0.2, 0.25) is 0 Å². The fraction of sp³-hybridized carbons (Fsp3) is 0.462. The molecule has 0 spiro atoms. The maximum absolute atomic E-state index is 13.0. The maximum Gasteiger partial charge on any atom is 0.287 e. The Hall–Kier alpha value is -3.42. The molecule has 0 aromatic carbocycles. The van der Waals surface area contributed by atoms with Gasteiger partial charge in [-0.05, 0) is 52.2 Å². The number of carbonyl (C=O) groups excluding carboxylic acids is 1. The molecule has 6 rings (SSSR count). The summed E-state index contributed by atoms with van der Waals surface area (Å²) in [5, 5.41) is 14.2. The summed E-state index contributed by atoms with van der Waals surface area (Å²) in [6.45, 7) is 7.17. The molecule has 1 fully saturated rings. The standard InChI is InChI=1S/C26H29N5O3/c1-14-5-4-6-18(28-14)13-31-16(3)20-9-10-21-23(24(20)29-31)15(2)25(33-21)26(32)27-12-19-11-22(34-30-19)17-7-8-17/h4-6,11,16-17,20H,7-10,12-13H2,1-3H3,(H,27,32). The number of rotatable bonds is 6. The Morgan fingerprint density at radius 2 is 2.06 bits per heavy atom. The van der Waals surface area contributed by atoms with Crippen LogP contribution in [0.4, 0.5) is 0 Å². The van der Waals surface area contributed by atoms with Crippen LogP contribution < -0.4 is 5.32 Å². The summed E-state index contributed by atoms with van der Waals surface area (Å²) in [4.78, 5) is 17.6. The molecule has 0 radical (unpaired) electrons. The molecule has 1 aliphatic heterocycles. The number of aromatic nitrogens is 2. The maximum atomic E-state index is 13.0. The van der Waals surface area contributed by atoms with E-state index in [9.17, 15) is 4.79 Å². The molecule has 0 bridgehead atoms. The van der Waals surface area contributed by atoms with Crippen molar-refractivity contribution in [2.45, 2.75) is 71.5 Å². The van der Waals surface area contributed by atoms with E-state index < -0.39 is 0 Å². The van der Waals surface area contributed by atoms with Crippen LogP contribution in [0.1, 0.15) is 82.4 Å². The monoisotopic (exact) mass is 459 g/mol. The van der Waals surface area contributed by atoms with Crippen molar-refractivity contribution in [3.05, 3.63) is 69.8 Å². The highest BCUT2D eigenvalue weighted by molar-refractivity contribution is 6.08. The first-order chi connectivity index (χ1) is 16.5. The molecule has 8 heteroatoms. The molecule has 3 aromatic rings. The highest BCUT2D eigenvalue weighted by Gasteiger charge is 2.41. The molecule has 176 valence electrons. The van der Waals surface area contributed by atoms with Gasteiger partial charge in [0, 0.05) is 41.1 Å². The Balaban J connectivity index is 1.21. The molecule has 0 saturated heterocycles. The van der Waals surface area contributed by atoms with Crippen LogP contribution in [-0.2, 0) is 19.5 Å². The zero-order valence-corrected chi connectivity index (χ0v) is 19.8. The summed E-state index contributed by atoms with van der Waals surface area (Å²) in [6, 6.07) is 8.29. The summed E-state index contributed by atoms with van der Waals surface area (Å²) >= 11 is 0. The Morgan fingerprint density at radius 3 is 2.85 bits per heavy atom. The lowest BCUT2D eigenvalue weighted by atomic mass is 9.81. The van der Waals surface area contributed by atoms with Gasteiger partial charge in [-0.15, -0.1) is 0 Å². The molecule has 2 unspecified atom stereocenters. The number of nitrogens with zero attached hydrogens (tertiary/aromatic N) is 4. The number of pyridine rings is 1. The number of nitrogens with one attached hydrogen (secondary N) is 1. The van der Waals surface area contributed by atoms with E-state index in [2.05, 4.69) is 27.4 Å². The lowest BCUT2D eigenvalue weighted by molar-refractivity contribution is 0.0919. The number of hydrazone groups is 1. The second-order valence-electron chi connectivity index (χ2n) is 9.77. The summed E-state index contributed by atoms with van der Waals surface area (Å²) in [7, 11) is 0. The van der Waals surface area contributed by atoms with Crippen LogP contribution in [0.5, 0.6) is 0 Å². The van der Waals surface area contributed by atoms with E-state index in [0.717, 1.165) is 71.1 Å². The van der Waals surface area contributed by atoms with Crippen molar-refractivity contribution in [3.8, 4) is 0 Å². The van der Waals surface area contributed by atoms with Crippen molar-refractivity contribution in [1.29, 1.82) is 0 Å². The van der Waals surface area contributed by atoms with Gasteiger partial charge in [0.05, 0.1) is 30.5 Å². The highest BCUT2D eigenvalue weighted by Crippen LogP contribution is 2.40. The molecule has 1 saturated carbocycles. The van der Waals surface area contributed by atoms with E-state index in [0.29, 0.717) is 30.7 Å². The van der Waals surface area contributed by atoms with Crippen molar-refractivity contribution in [2.24, 2.45) is 11.0 Å². The van der Waals surface area contributed by atoms with Crippen molar-refractivity contribution < 1.29 is 13.7 Å². The van der Waals surface area contributed by atoms with E-state index in [1.807, 2.05) is 38.1 Å². The van der Waals surface area contributed by atoms with Gasteiger partial charge >= 0.3 is 0 Å². The van der Waals surface area contributed by atoms with Crippen LogP contribution in [0.3, 0.4) is 0 Å². The number of fused-ring (bicyclic) bond motifs is 3. The fourth-order valence-corrected chi connectivity index (χ4v) is 5.20. The lowest BCUT2D eigenvalue weighted by Crippen LogP contribution is -2.32. The molecule has 8 nitrogen and oxygen atoms in total. The lowest BCUT2D eigenvalue weighted by Gasteiger charge is -2.26. The number of furan rings is 1. The van der Waals surface area contributed by atoms with Gasteiger partial charge in [-0.25, -0.2) is 0 Å². The molecule has 3 aliphatic rings. The smallest absolute Gasteiger partial charge is 0.287 e. The third-order valence-electron chi connectivity index (χ3n) is 7.26. The number of hydrogen-bond donors (Lipinski definition) is 1. The third-order valence-corrected chi connectivity index (χ3v) is 7.26.